The Bertz CT molecular complexity index is 574. The molecular weight excluding hydrogens is 234 g/mol. The summed E-state index contributed by atoms with van der Waals surface area (Å²) in [5, 5.41) is 0. The standard InChI is InChI=1S/C17H19NO/c1-3-13-8-9-19-17-7-5-14(10-15(13)17)16-6-4-12(2)11-18-16/h4-7,10-11,13H,3,8-9H2,1-2H3. The fraction of sp³-hybridized carbons (Fsp3) is 0.353. The van der Waals surface area contributed by atoms with Gasteiger partial charge in [0.15, 0.2) is 0 Å². The van der Waals surface area contributed by atoms with Crippen LogP contribution in [0.25, 0.3) is 11.3 Å². The minimum Gasteiger partial charge on any atom is -0.493 e. The quantitative estimate of drug-likeness (QED) is 0.794. The van der Waals surface area contributed by atoms with Crippen LogP contribution in [0, 0.1) is 6.92 Å². The molecule has 0 radical (unpaired) electrons. The summed E-state index contributed by atoms with van der Waals surface area (Å²) in [6.07, 6.45) is 4.21. The molecule has 2 heteroatoms. The topological polar surface area (TPSA) is 22.1 Å². The molecule has 0 bridgehead atoms. The summed E-state index contributed by atoms with van der Waals surface area (Å²) in [7, 11) is 0. The van der Waals surface area contributed by atoms with Crippen LogP contribution in [0.4, 0.5) is 0 Å². The van der Waals surface area contributed by atoms with Crippen molar-refractivity contribution in [2.75, 3.05) is 6.61 Å². The lowest BCUT2D eigenvalue weighted by atomic mass is 9.89. The zero-order valence-corrected chi connectivity index (χ0v) is 11.5. The lowest BCUT2D eigenvalue weighted by Crippen LogP contribution is -2.13. The van der Waals surface area contributed by atoms with Crippen molar-refractivity contribution in [3.8, 4) is 17.0 Å². The van der Waals surface area contributed by atoms with Crippen LogP contribution in [0.5, 0.6) is 5.75 Å². The maximum absolute atomic E-state index is 5.75. The molecule has 19 heavy (non-hydrogen) atoms. The molecule has 98 valence electrons. The van der Waals surface area contributed by atoms with Gasteiger partial charge in [0.2, 0.25) is 0 Å². The molecule has 1 aliphatic rings. The first-order valence-electron chi connectivity index (χ1n) is 6.97. The van der Waals surface area contributed by atoms with Crippen LogP contribution in [0.3, 0.4) is 0 Å². The normalized spacial score (nSPS) is 17.7. The third-order valence-electron chi connectivity index (χ3n) is 3.87. The van der Waals surface area contributed by atoms with Gasteiger partial charge in [-0.15, -0.1) is 0 Å². The molecule has 2 nitrogen and oxygen atoms in total. The minimum atomic E-state index is 0.620. The van der Waals surface area contributed by atoms with Crippen LogP contribution in [-0.4, -0.2) is 11.6 Å². The highest BCUT2D eigenvalue weighted by Gasteiger charge is 2.20. The molecule has 0 fully saturated rings. The van der Waals surface area contributed by atoms with Gasteiger partial charge in [0.1, 0.15) is 5.75 Å². The lowest BCUT2D eigenvalue weighted by Gasteiger charge is -2.25. The molecule has 1 aromatic carbocycles. The van der Waals surface area contributed by atoms with Crippen LogP contribution in [0.15, 0.2) is 36.5 Å². The van der Waals surface area contributed by atoms with E-state index in [2.05, 4.69) is 49.2 Å². The summed E-state index contributed by atoms with van der Waals surface area (Å²) in [5.74, 6) is 1.67. The summed E-state index contributed by atoms with van der Waals surface area (Å²) in [4.78, 5) is 4.51. The highest BCUT2D eigenvalue weighted by Crippen LogP contribution is 2.37. The zero-order chi connectivity index (χ0) is 13.2. The van der Waals surface area contributed by atoms with Gasteiger partial charge in [-0.25, -0.2) is 0 Å². The third-order valence-corrected chi connectivity index (χ3v) is 3.87. The number of hydrogen-bond acceptors (Lipinski definition) is 2. The number of benzene rings is 1. The molecule has 0 saturated heterocycles. The van der Waals surface area contributed by atoms with E-state index in [-0.39, 0.29) is 0 Å². The largest absolute Gasteiger partial charge is 0.493 e. The second-order valence-electron chi connectivity index (χ2n) is 5.22. The van der Waals surface area contributed by atoms with Gasteiger partial charge in [-0.2, -0.15) is 0 Å². The van der Waals surface area contributed by atoms with Crippen molar-refractivity contribution in [1.29, 1.82) is 0 Å². The number of aromatic nitrogens is 1. The SMILES string of the molecule is CCC1CCOc2ccc(-c3ccc(C)cn3)cc21. The highest BCUT2D eigenvalue weighted by atomic mass is 16.5. The van der Waals surface area contributed by atoms with Gasteiger partial charge >= 0.3 is 0 Å². The zero-order valence-electron chi connectivity index (χ0n) is 11.5. The summed E-state index contributed by atoms with van der Waals surface area (Å²) in [6.45, 7) is 5.15. The van der Waals surface area contributed by atoms with Crippen molar-refractivity contribution in [3.63, 3.8) is 0 Å². The minimum absolute atomic E-state index is 0.620. The van der Waals surface area contributed by atoms with Crippen LogP contribution < -0.4 is 4.74 Å². The highest BCUT2D eigenvalue weighted by molar-refractivity contribution is 5.62. The van der Waals surface area contributed by atoms with Gasteiger partial charge in [0.25, 0.3) is 0 Å². The Labute approximate surface area is 114 Å². The van der Waals surface area contributed by atoms with E-state index in [1.807, 2.05) is 6.20 Å². The Hall–Kier alpha value is -1.83. The molecule has 1 unspecified atom stereocenters. The van der Waals surface area contributed by atoms with Crippen molar-refractivity contribution < 1.29 is 4.74 Å². The third kappa shape index (κ3) is 2.35. The second-order valence-corrected chi connectivity index (χ2v) is 5.22. The molecular formula is C17H19NO. The van der Waals surface area contributed by atoms with E-state index in [1.165, 1.54) is 23.1 Å². The summed E-state index contributed by atoms with van der Waals surface area (Å²) in [5.41, 5.74) is 4.75. The molecule has 1 atom stereocenters. The van der Waals surface area contributed by atoms with E-state index in [0.717, 1.165) is 24.5 Å². The first kappa shape index (κ1) is 12.2. The van der Waals surface area contributed by atoms with Crippen LogP contribution >= 0.6 is 0 Å². The van der Waals surface area contributed by atoms with Gasteiger partial charge in [-0.05, 0) is 61.1 Å². The van der Waals surface area contributed by atoms with Crippen LogP contribution in [0.1, 0.15) is 36.8 Å². The van der Waals surface area contributed by atoms with E-state index in [1.54, 1.807) is 0 Å². The molecule has 0 aliphatic carbocycles. The predicted molar refractivity (Wildman–Crippen MR) is 77.6 cm³/mol. The monoisotopic (exact) mass is 253 g/mol. The number of fused-ring (bicyclic) bond motifs is 1. The Morgan fingerprint density at radius 1 is 1.26 bits per heavy atom. The number of hydrogen-bond donors (Lipinski definition) is 0. The van der Waals surface area contributed by atoms with E-state index >= 15 is 0 Å². The van der Waals surface area contributed by atoms with Gasteiger partial charge < -0.3 is 4.74 Å². The Balaban J connectivity index is 2.02. The molecule has 0 amide bonds. The molecule has 2 aromatic rings. The summed E-state index contributed by atoms with van der Waals surface area (Å²) >= 11 is 0. The molecule has 1 aliphatic heterocycles. The average molecular weight is 253 g/mol. The van der Waals surface area contributed by atoms with Gasteiger partial charge in [-0.1, -0.05) is 13.0 Å². The maximum Gasteiger partial charge on any atom is 0.122 e. The van der Waals surface area contributed by atoms with Crippen molar-refractivity contribution in [3.05, 3.63) is 47.7 Å². The fourth-order valence-corrected chi connectivity index (χ4v) is 2.69. The van der Waals surface area contributed by atoms with Gasteiger partial charge in [-0.3, -0.25) is 4.98 Å². The Kier molecular flexibility index (Phi) is 3.24. The predicted octanol–water partition coefficient (Wildman–Crippen LogP) is 4.33. The summed E-state index contributed by atoms with van der Waals surface area (Å²) < 4.78 is 5.75. The molecule has 0 N–H and O–H groups in total. The molecule has 3 rings (SSSR count). The van der Waals surface area contributed by atoms with E-state index < -0.39 is 0 Å². The van der Waals surface area contributed by atoms with Gasteiger partial charge in [0.05, 0.1) is 12.3 Å². The Morgan fingerprint density at radius 3 is 2.89 bits per heavy atom. The number of nitrogens with zero attached hydrogens (tertiary/aromatic N) is 1. The second kappa shape index (κ2) is 5.04. The molecule has 1 aromatic heterocycles. The average Bonchev–Trinajstić information content (AvgIpc) is 2.47. The Morgan fingerprint density at radius 2 is 2.16 bits per heavy atom. The first-order valence-corrected chi connectivity index (χ1v) is 6.97. The van der Waals surface area contributed by atoms with Crippen molar-refractivity contribution in [2.24, 2.45) is 0 Å². The maximum atomic E-state index is 5.75. The fourth-order valence-electron chi connectivity index (χ4n) is 2.69. The smallest absolute Gasteiger partial charge is 0.122 e. The van der Waals surface area contributed by atoms with Gasteiger partial charge in [0, 0.05) is 11.8 Å². The number of aryl methyl sites for hydroxylation is 1. The van der Waals surface area contributed by atoms with Crippen molar-refractivity contribution >= 4 is 0 Å². The van der Waals surface area contributed by atoms with Crippen LogP contribution in [-0.2, 0) is 0 Å². The van der Waals surface area contributed by atoms with Crippen LogP contribution in [0.2, 0.25) is 0 Å². The molecule has 0 saturated carbocycles. The molecule has 2 heterocycles. The lowest BCUT2D eigenvalue weighted by molar-refractivity contribution is 0.265. The van der Waals surface area contributed by atoms with Crippen molar-refractivity contribution in [1.82, 2.24) is 4.98 Å². The summed E-state index contributed by atoms with van der Waals surface area (Å²) in [6, 6.07) is 10.6. The number of ether oxygens (including phenoxy) is 1. The van der Waals surface area contributed by atoms with Crippen molar-refractivity contribution in [2.45, 2.75) is 32.6 Å². The van der Waals surface area contributed by atoms with E-state index in [0.29, 0.717) is 5.92 Å². The van der Waals surface area contributed by atoms with E-state index in [4.69, 9.17) is 4.74 Å². The molecule has 0 spiro atoms. The first-order chi connectivity index (χ1) is 9.28. The number of pyridine rings is 1. The van der Waals surface area contributed by atoms with E-state index in [9.17, 15) is 0 Å². The number of rotatable bonds is 2.